The Morgan fingerprint density at radius 1 is 1.33 bits per heavy atom. The Kier molecular flexibility index (Phi) is 4.53. The summed E-state index contributed by atoms with van der Waals surface area (Å²) in [5, 5.41) is 14.4. The van der Waals surface area contributed by atoms with Gasteiger partial charge < -0.3 is 20.3 Å². The quantitative estimate of drug-likeness (QED) is 0.659. The van der Waals surface area contributed by atoms with Crippen LogP contribution in [0.2, 0.25) is 0 Å². The van der Waals surface area contributed by atoms with Crippen molar-refractivity contribution in [1.82, 2.24) is 14.8 Å². The first-order valence-corrected chi connectivity index (χ1v) is 6.91. The zero-order valence-electron chi connectivity index (χ0n) is 11.8. The van der Waals surface area contributed by atoms with E-state index in [4.69, 9.17) is 0 Å². The second kappa shape index (κ2) is 6.03. The number of nitrogens with one attached hydrogen (secondary N) is 1. The number of halogens is 1. The SMILES string of the molecule is Cl.Cn1c(C(=O)N2CCC3CCC(C2)N3)ccc1[N+](=O)[O-]. The molecule has 0 aliphatic carbocycles. The molecule has 2 saturated heterocycles. The molecule has 2 bridgehead atoms. The summed E-state index contributed by atoms with van der Waals surface area (Å²) in [6.45, 7) is 1.40. The van der Waals surface area contributed by atoms with Crippen molar-refractivity contribution in [1.29, 1.82) is 0 Å². The summed E-state index contributed by atoms with van der Waals surface area (Å²) >= 11 is 0. The Morgan fingerprint density at radius 3 is 2.71 bits per heavy atom. The predicted octanol–water partition coefficient (Wildman–Crippen LogP) is 1.32. The molecule has 2 fully saturated rings. The van der Waals surface area contributed by atoms with Crippen molar-refractivity contribution in [2.45, 2.75) is 31.3 Å². The minimum absolute atomic E-state index is 0. The number of amides is 1. The van der Waals surface area contributed by atoms with E-state index in [1.165, 1.54) is 23.1 Å². The van der Waals surface area contributed by atoms with Crippen LogP contribution in [-0.4, -0.2) is 45.5 Å². The summed E-state index contributed by atoms with van der Waals surface area (Å²) in [7, 11) is 1.56. The van der Waals surface area contributed by atoms with E-state index in [9.17, 15) is 14.9 Å². The number of rotatable bonds is 2. The molecule has 21 heavy (non-hydrogen) atoms. The highest BCUT2D eigenvalue weighted by Crippen LogP contribution is 2.23. The van der Waals surface area contributed by atoms with Crippen molar-refractivity contribution in [3.05, 3.63) is 27.9 Å². The molecule has 3 heterocycles. The van der Waals surface area contributed by atoms with Crippen LogP contribution in [0.3, 0.4) is 0 Å². The third kappa shape index (κ3) is 2.89. The Bertz CT molecular complexity index is 560. The van der Waals surface area contributed by atoms with Gasteiger partial charge in [-0.1, -0.05) is 0 Å². The minimum Gasteiger partial charge on any atom is -0.358 e. The fourth-order valence-corrected chi connectivity index (χ4v) is 3.19. The highest BCUT2D eigenvalue weighted by molar-refractivity contribution is 5.93. The first kappa shape index (κ1) is 15.8. The lowest BCUT2D eigenvalue weighted by Gasteiger charge is -2.23. The predicted molar refractivity (Wildman–Crippen MR) is 79.8 cm³/mol. The lowest BCUT2D eigenvalue weighted by Crippen LogP contribution is -2.39. The van der Waals surface area contributed by atoms with Gasteiger partial charge in [-0.05, 0) is 30.3 Å². The van der Waals surface area contributed by atoms with Gasteiger partial charge in [0.15, 0.2) is 5.69 Å². The molecule has 116 valence electrons. The Labute approximate surface area is 128 Å². The van der Waals surface area contributed by atoms with E-state index in [-0.39, 0.29) is 24.1 Å². The Balaban J connectivity index is 0.00000161. The fourth-order valence-electron chi connectivity index (χ4n) is 3.19. The molecule has 0 spiro atoms. The zero-order valence-corrected chi connectivity index (χ0v) is 12.6. The molecule has 2 atom stereocenters. The first-order chi connectivity index (χ1) is 9.56. The molecule has 0 aromatic carbocycles. The van der Waals surface area contributed by atoms with Crippen molar-refractivity contribution < 1.29 is 9.72 Å². The van der Waals surface area contributed by atoms with Gasteiger partial charge in [-0.2, -0.15) is 0 Å². The van der Waals surface area contributed by atoms with Gasteiger partial charge >= 0.3 is 5.82 Å². The largest absolute Gasteiger partial charge is 0.358 e. The Morgan fingerprint density at radius 2 is 2.05 bits per heavy atom. The van der Waals surface area contributed by atoms with Crippen LogP contribution in [0.1, 0.15) is 29.8 Å². The van der Waals surface area contributed by atoms with Crippen LogP contribution >= 0.6 is 12.4 Å². The number of nitrogens with zero attached hydrogens (tertiary/aromatic N) is 3. The Hall–Kier alpha value is -1.60. The third-order valence-electron chi connectivity index (χ3n) is 4.31. The van der Waals surface area contributed by atoms with Crippen molar-refractivity contribution in [2.24, 2.45) is 7.05 Å². The minimum atomic E-state index is -0.470. The van der Waals surface area contributed by atoms with Crippen molar-refractivity contribution in [3.63, 3.8) is 0 Å². The second-order valence-corrected chi connectivity index (χ2v) is 5.57. The maximum Gasteiger partial charge on any atom is 0.323 e. The third-order valence-corrected chi connectivity index (χ3v) is 4.31. The van der Waals surface area contributed by atoms with Crippen LogP contribution in [0.5, 0.6) is 0 Å². The molecule has 1 N–H and O–H groups in total. The van der Waals surface area contributed by atoms with Crippen molar-refractivity contribution in [2.75, 3.05) is 13.1 Å². The molecule has 2 aliphatic rings. The molecule has 1 aromatic rings. The number of hydrogen-bond donors (Lipinski definition) is 1. The van der Waals surface area contributed by atoms with Crippen molar-refractivity contribution >= 4 is 24.1 Å². The number of nitro groups is 1. The van der Waals surface area contributed by atoms with Crippen LogP contribution in [0.25, 0.3) is 0 Å². The lowest BCUT2D eigenvalue weighted by molar-refractivity contribution is -0.391. The summed E-state index contributed by atoms with van der Waals surface area (Å²) in [5.41, 5.74) is 0.384. The van der Waals surface area contributed by atoms with Crippen LogP contribution in [0.4, 0.5) is 5.82 Å². The van der Waals surface area contributed by atoms with E-state index in [0.29, 0.717) is 30.9 Å². The van der Waals surface area contributed by atoms with Crippen LogP contribution < -0.4 is 5.32 Å². The van der Waals surface area contributed by atoms with Gasteiger partial charge in [0, 0.05) is 31.2 Å². The lowest BCUT2D eigenvalue weighted by atomic mass is 10.1. The first-order valence-electron chi connectivity index (χ1n) is 6.91. The highest BCUT2D eigenvalue weighted by Gasteiger charge is 2.33. The van der Waals surface area contributed by atoms with Gasteiger partial charge in [-0.25, -0.2) is 4.57 Å². The number of carbonyl (C=O) groups excluding carboxylic acids is 1. The molecular weight excluding hydrogens is 296 g/mol. The van der Waals surface area contributed by atoms with Gasteiger partial charge in [-0.3, -0.25) is 4.79 Å². The number of aromatic nitrogens is 1. The zero-order chi connectivity index (χ0) is 14.3. The number of fused-ring (bicyclic) bond motifs is 2. The average molecular weight is 315 g/mol. The maximum atomic E-state index is 12.5. The molecule has 1 aromatic heterocycles. The molecular formula is C13H19ClN4O3. The molecule has 2 unspecified atom stereocenters. The summed E-state index contributed by atoms with van der Waals surface area (Å²) in [5.74, 6) is -0.169. The molecule has 7 nitrogen and oxygen atoms in total. The monoisotopic (exact) mass is 314 g/mol. The van der Waals surface area contributed by atoms with E-state index in [2.05, 4.69) is 5.32 Å². The van der Waals surface area contributed by atoms with Gasteiger partial charge in [0.25, 0.3) is 5.91 Å². The molecule has 8 heteroatoms. The summed E-state index contributed by atoms with van der Waals surface area (Å²) in [6.07, 6.45) is 3.23. The molecule has 0 saturated carbocycles. The average Bonchev–Trinajstić information content (AvgIpc) is 2.92. The maximum absolute atomic E-state index is 12.5. The van der Waals surface area contributed by atoms with Crippen LogP contribution in [0.15, 0.2) is 12.1 Å². The molecule has 2 aliphatic heterocycles. The number of carbonyl (C=O) groups is 1. The van der Waals surface area contributed by atoms with Gasteiger partial charge in [0.05, 0.1) is 7.05 Å². The van der Waals surface area contributed by atoms with Crippen LogP contribution in [0, 0.1) is 10.1 Å². The molecule has 1 amide bonds. The van der Waals surface area contributed by atoms with E-state index in [0.717, 1.165) is 12.8 Å². The number of hydrogen-bond acceptors (Lipinski definition) is 4. The summed E-state index contributed by atoms with van der Waals surface area (Å²) in [4.78, 5) is 24.7. The van der Waals surface area contributed by atoms with E-state index < -0.39 is 4.92 Å². The van der Waals surface area contributed by atoms with Gasteiger partial charge in [-0.15, -0.1) is 12.4 Å². The molecule has 3 rings (SSSR count). The van der Waals surface area contributed by atoms with Gasteiger partial charge in [0.1, 0.15) is 0 Å². The van der Waals surface area contributed by atoms with Crippen LogP contribution in [-0.2, 0) is 7.05 Å². The summed E-state index contributed by atoms with van der Waals surface area (Å²) < 4.78 is 1.36. The van der Waals surface area contributed by atoms with Crippen molar-refractivity contribution in [3.8, 4) is 0 Å². The van der Waals surface area contributed by atoms with E-state index in [1.807, 2.05) is 4.90 Å². The van der Waals surface area contributed by atoms with E-state index in [1.54, 1.807) is 7.05 Å². The topological polar surface area (TPSA) is 80.4 Å². The number of likely N-dealkylation sites (tertiary alicyclic amines) is 1. The fraction of sp³-hybridized carbons (Fsp3) is 0.615. The normalized spacial score (nSPS) is 24.3. The second-order valence-electron chi connectivity index (χ2n) is 5.57. The van der Waals surface area contributed by atoms with Gasteiger partial charge in [0.2, 0.25) is 0 Å². The summed E-state index contributed by atoms with van der Waals surface area (Å²) in [6, 6.07) is 3.80. The highest BCUT2D eigenvalue weighted by atomic mass is 35.5. The molecule has 0 radical (unpaired) electrons. The standard InChI is InChI=1S/C13H18N4O3.ClH/c1-15-11(4-5-12(15)17(19)20)13(18)16-7-6-9-2-3-10(8-16)14-9;/h4-5,9-10,14H,2-3,6-8H2,1H3;1H. The smallest absolute Gasteiger partial charge is 0.323 e. The van der Waals surface area contributed by atoms with E-state index >= 15 is 0 Å².